The maximum atomic E-state index is 11.5. The van der Waals surface area contributed by atoms with Crippen LogP contribution >= 0.6 is 31.9 Å². The Morgan fingerprint density at radius 3 is 2.88 bits per heavy atom. The van der Waals surface area contributed by atoms with Gasteiger partial charge in [-0.25, -0.2) is 9.97 Å². The molecule has 0 saturated heterocycles. The van der Waals surface area contributed by atoms with E-state index in [1.807, 2.05) is 6.92 Å². The number of hydrogen-bond donors (Lipinski definition) is 2. The first-order valence-corrected chi connectivity index (χ1v) is 6.40. The van der Waals surface area contributed by atoms with Gasteiger partial charge >= 0.3 is 0 Å². The van der Waals surface area contributed by atoms with E-state index in [4.69, 9.17) is 0 Å². The molecule has 1 rings (SSSR count). The van der Waals surface area contributed by atoms with E-state index in [2.05, 4.69) is 52.5 Å². The van der Waals surface area contributed by atoms with Crippen molar-refractivity contribution in [1.82, 2.24) is 15.3 Å². The summed E-state index contributed by atoms with van der Waals surface area (Å²) in [6.07, 6.45) is 2.52. The average molecular weight is 352 g/mol. The van der Waals surface area contributed by atoms with Crippen LogP contribution in [0.15, 0.2) is 15.4 Å². The van der Waals surface area contributed by atoms with Crippen LogP contribution in [0.4, 0.5) is 5.82 Å². The molecule has 16 heavy (non-hydrogen) atoms. The topological polar surface area (TPSA) is 66.9 Å². The summed E-state index contributed by atoms with van der Waals surface area (Å²) in [5, 5.41) is 5.65. The van der Waals surface area contributed by atoms with Gasteiger partial charge in [-0.05, 0) is 44.8 Å². The highest BCUT2D eigenvalue weighted by Gasteiger charge is 2.07. The largest absolute Gasteiger partial charge is 0.308 e. The maximum absolute atomic E-state index is 11.5. The molecule has 88 valence electrons. The van der Waals surface area contributed by atoms with Crippen LogP contribution in [-0.2, 0) is 4.79 Å². The van der Waals surface area contributed by atoms with Crippen LogP contribution in [0.1, 0.15) is 13.3 Å². The monoisotopic (exact) mass is 350 g/mol. The molecule has 1 aromatic rings. The Labute approximate surface area is 111 Å². The first-order valence-electron chi connectivity index (χ1n) is 4.82. The number of hydrogen-bond acceptors (Lipinski definition) is 4. The number of carbonyl (C=O) groups is 1. The Kier molecular flexibility index (Phi) is 5.86. The van der Waals surface area contributed by atoms with Crippen LogP contribution in [0.5, 0.6) is 0 Å². The van der Waals surface area contributed by atoms with Crippen molar-refractivity contribution in [3.8, 4) is 0 Å². The van der Waals surface area contributed by atoms with Crippen molar-refractivity contribution >= 4 is 43.6 Å². The van der Waals surface area contributed by atoms with E-state index in [0.717, 1.165) is 13.0 Å². The lowest BCUT2D eigenvalue weighted by atomic mass is 10.4. The minimum atomic E-state index is -0.134. The van der Waals surface area contributed by atoms with E-state index in [9.17, 15) is 4.79 Å². The summed E-state index contributed by atoms with van der Waals surface area (Å²) in [7, 11) is 0. The second-order valence-corrected chi connectivity index (χ2v) is 4.62. The van der Waals surface area contributed by atoms with Crippen molar-refractivity contribution in [2.24, 2.45) is 0 Å². The number of halogens is 2. The van der Waals surface area contributed by atoms with Crippen LogP contribution in [0.2, 0.25) is 0 Å². The highest BCUT2D eigenvalue weighted by atomic mass is 79.9. The first-order chi connectivity index (χ1) is 7.63. The molecule has 0 aromatic carbocycles. The fraction of sp³-hybridized carbons (Fsp3) is 0.444. The van der Waals surface area contributed by atoms with Crippen LogP contribution in [0.3, 0.4) is 0 Å². The normalized spacial score (nSPS) is 10.2. The Bertz CT molecular complexity index is 373. The van der Waals surface area contributed by atoms with Gasteiger partial charge in [0.2, 0.25) is 5.91 Å². The molecular weight excluding hydrogens is 340 g/mol. The zero-order valence-electron chi connectivity index (χ0n) is 8.76. The molecule has 0 bridgehead atoms. The minimum Gasteiger partial charge on any atom is -0.308 e. The molecule has 0 aliphatic rings. The summed E-state index contributed by atoms with van der Waals surface area (Å²) in [5.74, 6) is 0.289. The van der Waals surface area contributed by atoms with Gasteiger partial charge in [-0.1, -0.05) is 6.92 Å². The molecule has 1 heterocycles. The third-order valence-electron chi connectivity index (χ3n) is 1.67. The second kappa shape index (κ2) is 6.93. The smallest absolute Gasteiger partial charge is 0.239 e. The zero-order valence-corrected chi connectivity index (χ0v) is 11.9. The molecule has 1 amide bonds. The Morgan fingerprint density at radius 2 is 2.25 bits per heavy atom. The molecule has 1 aromatic heterocycles. The lowest BCUT2D eigenvalue weighted by Gasteiger charge is -2.06. The molecule has 0 atom stereocenters. The van der Waals surface area contributed by atoms with Gasteiger partial charge < -0.3 is 10.6 Å². The average Bonchev–Trinajstić information content (AvgIpc) is 2.23. The van der Waals surface area contributed by atoms with Crippen molar-refractivity contribution in [2.45, 2.75) is 13.3 Å². The summed E-state index contributed by atoms with van der Waals surface area (Å²) in [6.45, 7) is 3.14. The molecule has 0 radical (unpaired) electrons. The molecule has 0 unspecified atom stereocenters. The highest BCUT2D eigenvalue weighted by Crippen LogP contribution is 2.18. The van der Waals surface area contributed by atoms with Gasteiger partial charge in [0.05, 0.1) is 12.7 Å². The molecular formula is C9H12Br2N4O. The van der Waals surface area contributed by atoms with Gasteiger partial charge in [0.15, 0.2) is 5.82 Å². The Hall–Kier alpha value is -0.530. The van der Waals surface area contributed by atoms with Gasteiger partial charge in [-0.3, -0.25) is 4.79 Å². The summed E-state index contributed by atoms with van der Waals surface area (Å²) in [5.41, 5.74) is 0. The van der Waals surface area contributed by atoms with E-state index < -0.39 is 0 Å². The molecule has 0 saturated carbocycles. The Balaban J connectivity index is 2.49. The lowest BCUT2D eigenvalue weighted by Crippen LogP contribution is -2.29. The summed E-state index contributed by atoms with van der Waals surface area (Å²) >= 11 is 6.40. The highest BCUT2D eigenvalue weighted by molar-refractivity contribution is 9.11. The molecule has 0 spiro atoms. The number of nitrogens with zero attached hydrogens (tertiary/aromatic N) is 2. The van der Waals surface area contributed by atoms with Gasteiger partial charge in [-0.15, -0.1) is 0 Å². The predicted octanol–water partition coefficient (Wildman–Crippen LogP) is 1.94. The minimum absolute atomic E-state index is 0.134. The van der Waals surface area contributed by atoms with Crippen molar-refractivity contribution in [3.63, 3.8) is 0 Å². The van der Waals surface area contributed by atoms with Gasteiger partial charge in [-0.2, -0.15) is 0 Å². The third kappa shape index (κ3) is 4.54. The van der Waals surface area contributed by atoms with E-state index >= 15 is 0 Å². The fourth-order valence-electron chi connectivity index (χ4n) is 0.985. The molecule has 0 aliphatic carbocycles. The summed E-state index contributed by atoms with van der Waals surface area (Å²) < 4.78 is 1.12. The van der Waals surface area contributed by atoms with Crippen LogP contribution < -0.4 is 10.6 Å². The van der Waals surface area contributed by atoms with Gasteiger partial charge in [0.1, 0.15) is 9.21 Å². The predicted molar refractivity (Wildman–Crippen MR) is 69.2 cm³/mol. The van der Waals surface area contributed by atoms with Crippen LogP contribution in [0, 0.1) is 0 Å². The van der Waals surface area contributed by atoms with Crippen LogP contribution in [-0.4, -0.2) is 29.0 Å². The lowest BCUT2D eigenvalue weighted by molar-refractivity contribution is -0.115. The summed E-state index contributed by atoms with van der Waals surface area (Å²) in [4.78, 5) is 19.5. The summed E-state index contributed by atoms with van der Waals surface area (Å²) in [6, 6.07) is 0. The molecule has 2 N–H and O–H groups in total. The molecule has 0 aliphatic heterocycles. The zero-order chi connectivity index (χ0) is 12.0. The van der Waals surface area contributed by atoms with Crippen molar-refractivity contribution in [2.75, 3.05) is 18.4 Å². The molecule has 5 nitrogen and oxygen atoms in total. The first kappa shape index (κ1) is 13.5. The Morgan fingerprint density at radius 1 is 1.50 bits per heavy atom. The molecule has 7 heteroatoms. The van der Waals surface area contributed by atoms with E-state index in [1.165, 1.54) is 6.20 Å². The van der Waals surface area contributed by atoms with Crippen molar-refractivity contribution < 1.29 is 4.79 Å². The van der Waals surface area contributed by atoms with Crippen molar-refractivity contribution in [3.05, 3.63) is 15.4 Å². The van der Waals surface area contributed by atoms with E-state index in [0.29, 0.717) is 15.0 Å². The fourth-order valence-corrected chi connectivity index (χ4v) is 1.90. The van der Waals surface area contributed by atoms with Gasteiger partial charge in [0, 0.05) is 0 Å². The van der Waals surface area contributed by atoms with E-state index in [-0.39, 0.29) is 12.5 Å². The second-order valence-electron chi connectivity index (χ2n) is 3.06. The van der Waals surface area contributed by atoms with Crippen LogP contribution in [0.25, 0.3) is 0 Å². The SMILES string of the molecule is CCCNCC(=O)Nc1ncc(Br)nc1Br. The number of anilines is 1. The molecule has 0 fully saturated rings. The maximum Gasteiger partial charge on any atom is 0.239 e. The number of nitrogens with one attached hydrogen (secondary N) is 2. The number of amides is 1. The van der Waals surface area contributed by atoms with Gasteiger partial charge in [0.25, 0.3) is 0 Å². The number of carbonyl (C=O) groups excluding carboxylic acids is 1. The number of aromatic nitrogens is 2. The quantitative estimate of drug-likeness (QED) is 0.795. The number of rotatable bonds is 5. The third-order valence-corrected chi connectivity index (χ3v) is 2.61. The van der Waals surface area contributed by atoms with Crippen molar-refractivity contribution in [1.29, 1.82) is 0 Å². The van der Waals surface area contributed by atoms with E-state index in [1.54, 1.807) is 0 Å². The standard InChI is InChI=1S/C9H12Br2N4O/c1-2-3-12-5-7(16)15-9-8(11)14-6(10)4-13-9/h4,12H,2-3,5H2,1H3,(H,13,15,16).